The molecule has 146 valence electrons. The van der Waals surface area contributed by atoms with E-state index in [1.165, 1.54) is 35.0 Å². The minimum atomic E-state index is 0.781. The Balaban J connectivity index is 0.000000614. The fourth-order valence-electron chi connectivity index (χ4n) is 3.99. The van der Waals surface area contributed by atoms with E-state index in [-0.39, 0.29) is 0 Å². The zero-order chi connectivity index (χ0) is 20.0. The summed E-state index contributed by atoms with van der Waals surface area (Å²) in [6.45, 7) is 15.5. The highest BCUT2D eigenvalue weighted by molar-refractivity contribution is 5.98. The quantitative estimate of drug-likeness (QED) is 0.503. The molecule has 0 N–H and O–H groups in total. The third-order valence-corrected chi connectivity index (χ3v) is 5.19. The van der Waals surface area contributed by atoms with Gasteiger partial charge in [-0.15, -0.1) is 0 Å². The van der Waals surface area contributed by atoms with Gasteiger partial charge in [0.2, 0.25) is 0 Å². The Morgan fingerprint density at radius 2 is 1.67 bits per heavy atom. The molecule has 1 aromatic carbocycles. The maximum Gasteiger partial charge on any atom is 0.144 e. The second kappa shape index (κ2) is 9.68. The second-order valence-electron chi connectivity index (χ2n) is 6.66. The molecule has 0 aliphatic carbocycles. The second-order valence-corrected chi connectivity index (χ2v) is 6.66. The molecule has 1 atom stereocenters. The van der Waals surface area contributed by atoms with Crippen molar-refractivity contribution in [2.75, 3.05) is 0 Å². The molecule has 1 aliphatic rings. The maximum atomic E-state index is 4.80. The van der Waals surface area contributed by atoms with Crippen LogP contribution in [0.25, 0.3) is 22.2 Å². The first-order valence-corrected chi connectivity index (χ1v) is 10.6. The summed E-state index contributed by atoms with van der Waals surface area (Å²) < 4.78 is 2.45. The van der Waals surface area contributed by atoms with Crippen molar-refractivity contribution in [2.24, 2.45) is 5.92 Å². The summed E-state index contributed by atoms with van der Waals surface area (Å²) in [5, 5.41) is 1.24. The molecule has 0 bridgehead atoms. The summed E-state index contributed by atoms with van der Waals surface area (Å²) in [4.78, 5) is 9.44. The van der Waals surface area contributed by atoms with Crippen LogP contribution in [0.4, 0.5) is 0 Å². The van der Waals surface area contributed by atoms with E-state index in [1.807, 2.05) is 34.6 Å². The molecule has 0 radical (unpaired) electrons. The molecule has 4 rings (SSSR count). The summed E-state index contributed by atoms with van der Waals surface area (Å²) in [5.41, 5.74) is 6.32. The highest BCUT2D eigenvalue weighted by Gasteiger charge is 2.27. The Kier molecular flexibility index (Phi) is 7.58. The number of fused-ring (bicyclic) bond motifs is 3. The minimum absolute atomic E-state index is 0.781. The molecule has 0 spiro atoms. The average Bonchev–Trinajstić information content (AvgIpc) is 3.05. The number of rotatable bonds is 2. The van der Waals surface area contributed by atoms with Crippen LogP contribution in [0.2, 0.25) is 0 Å². The van der Waals surface area contributed by atoms with Crippen LogP contribution in [0.3, 0.4) is 0 Å². The van der Waals surface area contributed by atoms with Crippen LogP contribution in [-0.4, -0.2) is 14.5 Å². The summed E-state index contributed by atoms with van der Waals surface area (Å²) in [6.07, 6.45) is 3.65. The van der Waals surface area contributed by atoms with Gasteiger partial charge in [0.05, 0.1) is 5.69 Å². The van der Waals surface area contributed by atoms with E-state index in [9.17, 15) is 0 Å². The standard InChI is InChI=1S/C20H23N3.2C2H6/c1-4-15-10-11-23-17(12-15)19(16-8-6-5-7-9-16)18-13(2)21-14(3)22-20(18)23;2*1-2/h5-9,15H,4,10-12H2,1-3H3;2*1-2H3. The van der Waals surface area contributed by atoms with E-state index in [0.29, 0.717) is 0 Å². The number of nitrogens with zero attached hydrogens (tertiary/aromatic N) is 3. The van der Waals surface area contributed by atoms with E-state index in [1.54, 1.807) is 0 Å². The van der Waals surface area contributed by atoms with E-state index in [0.717, 1.165) is 36.0 Å². The van der Waals surface area contributed by atoms with Gasteiger partial charge in [-0.3, -0.25) is 0 Å². The van der Waals surface area contributed by atoms with Crippen molar-refractivity contribution in [1.82, 2.24) is 14.5 Å². The van der Waals surface area contributed by atoms with Gasteiger partial charge < -0.3 is 4.57 Å². The highest BCUT2D eigenvalue weighted by atomic mass is 15.1. The molecule has 0 saturated heterocycles. The molecule has 0 saturated carbocycles. The van der Waals surface area contributed by atoms with E-state index in [2.05, 4.69) is 53.7 Å². The van der Waals surface area contributed by atoms with Gasteiger partial charge in [0.15, 0.2) is 0 Å². The number of aryl methyl sites for hydroxylation is 3. The number of benzene rings is 1. The van der Waals surface area contributed by atoms with Crippen molar-refractivity contribution in [1.29, 1.82) is 0 Å². The zero-order valence-corrected chi connectivity index (χ0v) is 18.1. The zero-order valence-electron chi connectivity index (χ0n) is 18.1. The van der Waals surface area contributed by atoms with Gasteiger partial charge in [-0.1, -0.05) is 71.4 Å². The molecule has 3 nitrogen and oxygen atoms in total. The molecule has 3 heteroatoms. The van der Waals surface area contributed by atoms with Crippen molar-refractivity contribution in [2.45, 2.75) is 74.3 Å². The Morgan fingerprint density at radius 1 is 1.00 bits per heavy atom. The minimum Gasteiger partial charge on any atom is -0.329 e. The Morgan fingerprint density at radius 3 is 2.30 bits per heavy atom. The van der Waals surface area contributed by atoms with Crippen LogP contribution in [-0.2, 0) is 13.0 Å². The lowest BCUT2D eigenvalue weighted by molar-refractivity contribution is 0.384. The smallest absolute Gasteiger partial charge is 0.144 e. The molecule has 3 heterocycles. The first-order valence-electron chi connectivity index (χ1n) is 10.6. The third-order valence-electron chi connectivity index (χ3n) is 5.19. The fraction of sp³-hybridized carbons (Fsp3) is 0.500. The lowest BCUT2D eigenvalue weighted by atomic mass is 9.90. The van der Waals surface area contributed by atoms with Crippen LogP contribution in [0.1, 0.15) is 64.7 Å². The highest BCUT2D eigenvalue weighted by Crippen LogP contribution is 2.40. The molecule has 27 heavy (non-hydrogen) atoms. The molecular weight excluding hydrogens is 330 g/mol. The van der Waals surface area contributed by atoms with E-state index in [4.69, 9.17) is 4.98 Å². The van der Waals surface area contributed by atoms with E-state index >= 15 is 0 Å². The van der Waals surface area contributed by atoms with E-state index < -0.39 is 0 Å². The summed E-state index contributed by atoms with van der Waals surface area (Å²) in [6, 6.07) is 10.7. The maximum absolute atomic E-state index is 4.80. The summed E-state index contributed by atoms with van der Waals surface area (Å²) in [7, 11) is 0. The molecule has 2 aromatic heterocycles. The Bertz CT molecular complexity index is 862. The normalized spacial score (nSPS) is 15.3. The van der Waals surface area contributed by atoms with Crippen LogP contribution < -0.4 is 0 Å². The van der Waals surface area contributed by atoms with Crippen molar-refractivity contribution >= 4 is 11.0 Å². The average molecular weight is 366 g/mol. The van der Waals surface area contributed by atoms with Gasteiger partial charge in [-0.05, 0) is 38.2 Å². The lowest BCUT2D eigenvalue weighted by Gasteiger charge is -2.24. The van der Waals surface area contributed by atoms with Gasteiger partial charge in [-0.2, -0.15) is 0 Å². The molecule has 0 amide bonds. The van der Waals surface area contributed by atoms with Crippen molar-refractivity contribution in [3.05, 3.63) is 47.5 Å². The third kappa shape index (κ3) is 4.07. The Labute approximate surface area is 164 Å². The largest absolute Gasteiger partial charge is 0.329 e. The summed E-state index contributed by atoms with van der Waals surface area (Å²) in [5.74, 6) is 1.65. The molecule has 0 fully saturated rings. The van der Waals surface area contributed by atoms with Gasteiger partial charge in [-0.25, -0.2) is 9.97 Å². The predicted octanol–water partition coefficient (Wildman–Crippen LogP) is 6.74. The van der Waals surface area contributed by atoms with Gasteiger partial charge in [0, 0.05) is 23.2 Å². The first-order chi connectivity index (χ1) is 13.2. The predicted molar refractivity (Wildman–Crippen MR) is 117 cm³/mol. The van der Waals surface area contributed by atoms with Gasteiger partial charge in [0.1, 0.15) is 11.5 Å². The van der Waals surface area contributed by atoms with Crippen LogP contribution in [0.15, 0.2) is 30.3 Å². The number of hydrogen-bond acceptors (Lipinski definition) is 2. The fourth-order valence-corrected chi connectivity index (χ4v) is 3.99. The molecule has 3 aromatic rings. The summed E-state index contributed by atoms with van der Waals surface area (Å²) >= 11 is 0. The van der Waals surface area contributed by atoms with Crippen molar-refractivity contribution in [3.8, 4) is 11.1 Å². The molecule has 1 unspecified atom stereocenters. The lowest BCUT2D eigenvalue weighted by Crippen LogP contribution is -2.19. The monoisotopic (exact) mass is 365 g/mol. The molecular formula is C24H35N3. The number of hydrogen-bond donors (Lipinski definition) is 0. The molecule has 1 aliphatic heterocycles. The number of aromatic nitrogens is 3. The van der Waals surface area contributed by atoms with Gasteiger partial charge in [0.25, 0.3) is 0 Å². The van der Waals surface area contributed by atoms with Gasteiger partial charge >= 0.3 is 0 Å². The van der Waals surface area contributed by atoms with Crippen LogP contribution >= 0.6 is 0 Å². The first kappa shape index (κ1) is 21.1. The van der Waals surface area contributed by atoms with Crippen molar-refractivity contribution < 1.29 is 0 Å². The van der Waals surface area contributed by atoms with Crippen molar-refractivity contribution in [3.63, 3.8) is 0 Å². The van der Waals surface area contributed by atoms with Crippen LogP contribution in [0.5, 0.6) is 0 Å². The van der Waals surface area contributed by atoms with Crippen LogP contribution in [0, 0.1) is 19.8 Å². The Hall–Kier alpha value is -2.16. The SMILES string of the molecule is CC.CC.CCC1CCn2c(c(-c3ccccc3)c3c(C)nc(C)nc32)C1. The topological polar surface area (TPSA) is 30.7 Å².